The smallest absolute Gasteiger partial charge is 0.222 e. The summed E-state index contributed by atoms with van der Waals surface area (Å²) in [5.41, 5.74) is -0.791. The van der Waals surface area contributed by atoms with E-state index in [0.717, 1.165) is 0 Å². The fourth-order valence-corrected chi connectivity index (χ4v) is 1.07. The number of rotatable bonds is 4. The zero-order valence-electron chi connectivity index (χ0n) is 8.42. The zero-order valence-corrected chi connectivity index (χ0v) is 8.42. The Hall–Kier alpha value is -0.570. The van der Waals surface area contributed by atoms with Gasteiger partial charge in [0, 0.05) is 19.5 Å². The van der Waals surface area contributed by atoms with Crippen molar-refractivity contribution in [1.29, 1.82) is 0 Å². The monoisotopic (exact) mass is 173 g/mol. The van der Waals surface area contributed by atoms with Crippen molar-refractivity contribution in [2.45, 2.75) is 39.7 Å². The number of carbonyl (C=O) groups is 1. The van der Waals surface area contributed by atoms with Gasteiger partial charge in [0.05, 0.1) is 5.60 Å². The van der Waals surface area contributed by atoms with Gasteiger partial charge >= 0.3 is 0 Å². The summed E-state index contributed by atoms with van der Waals surface area (Å²) in [5, 5.41) is 9.47. The van der Waals surface area contributed by atoms with E-state index in [1.165, 1.54) is 0 Å². The molecule has 0 unspecified atom stereocenters. The van der Waals surface area contributed by atoms with E-state index in [1.807, 2.05) is 13.8 Å². The number of likely N-dealkylation sites (N-methyl/N-ethyl adjacent to an activating group) is 1. The largest absolute Gasteiger partial charge is 0.389 e. The minimum atomic E-state index is -0.791. The summed E-state index contributed by atoms with van der Waals surface area (Å²) >= 11 is 0. The van der Waals surface area contributed by atoms with Crippen LogP contribution >= 0.6 is 0 Å². The summed E-state index contributed by atoms with van der Waals surface area (Å²) in [6.45, 7) is 8.23. The van der Waals surface area contributed by atoms with Gasteiger partial charge in [-0.3, -0.25) is 4.79 Å². The third kappa shape index (κ3) is 4.34. The molecule has 0 fully saturated rings. The third-order valence-electron chi connectivity index (χ3n) is 1.61. The average molecular weight is 173 g/mol. The summed E-state index contributed by atoms with van der Waals surface area (Å²) in [7, 11) is 0. The molecule has 72 valence electrons. The van der Waals surface area contributed by atoms with Crippen molar-refractivity contribution in [3.8, 4) is 0 Å². The molecule has 0 aromatic rings. The van der Waals surface area contributed by atoms with E-state index in [9.17, 15) is 9.90 Å². The van der Waals surface area contributed by atoms with Gasteiger partial charge in [-0.05, 0) is 20.8 Å². The van der Waals surface area contributed by atoms with Crippen molar-refractivity contribution in [2.75, 3.05) is 13.1 Å². The molecule has 1 N–H and O–H groups in total. The second kappa shape index (κ2) is 4.45. The van der Waals surface area contributed by atoms with Crippen LogP contribution in [0.2, 0.25) is 0 Å². The Kier molecular flexibility index (Phi) is 4.24. The number of hydrogen-bond donors (Lipinski definition) is 1. The Balaban J connectivity index is 4.09. The van der Waals surface area contributed by atoms with Gasteiger partial charge in [0.2, 0.25) is 5.91 Å². The van der Waals surface area contributed by atoms with E-state index in [4.69, 9.17) is 0 Å². The molecule has 0 bridgehead atoms. The first-order valence-corrected chi connectivity index (χ1v) is 4.41. The van der Waals surface area contributed by atoms with Crippen LogP contribution in [0.1, 0.15) is 34.1 Å². The van der Waals surface area contributed by atoms with E-state index in [2.05, 4.69) is 0 Å². The SMILES string of the molecule is CCC(=O)N(CC)CC(C)(C)O. The molecule has 0 heterocycles. The standard InChI is InChI=1S/C9H19NO2/c1-5-8(11)10(6-2)7-9(3,4)12/h12H,5-7H2,1-4H3. The molecule has 0 rings (SSSR count). The number of nitrogens with zero attached hydrogens (tertiary/aromatic N) is 1. The number of hydrogen-bond acceptors (Lipinski definition) is 2. The van der Waals surface area contributed by atoms with Crippen LogP contribution in [-0.4, -0.2) is 34.6 Å². The number of amides is 1. The van der Waals surface area contributed by atoms with E-state index in [1.54, 1.807) is 18.7 Å². The lowest BCUT2D eigenvalue weighted by Gasteiger charge is -2.27. The minimum absolute atomic E-state index is 0.0969. The second-order valence-corrected chi connectivity index (χ2v) is 3.57. The molecule has 0 aromatic heterocycles. The fourth-order valence-electron chi connectivity index (χ4n) is 1.07. The van der Waals surface area contributed by atoms with Crippen molar-refractivity contribution in [3.05, 3.63) is 0 Å². The first kappa shape index (κ1) is 11.4. The highest BCUT2D eigenvalue weighted by Gasteiger charge is 2.19. The van der Waals surface area contributed by atoms with Gasteiger partial charge in [-0.25, -0.2) is 0 Å². The molecule has 0 aliphatic heterocycles. The normalized spacial score (nSPS) is 11.4. The summed E-state index contributed by atoms with van der Waals surface area (Å²) in [4.78, 5) is 12.9. The van der Waals surface area contributed by atoms with E-state index >= 15 is 0 Å². The van der Waals surface area contributed by atoms with Crippen molar-refractivity contribution in [2.24, 2.45) is 0 Å². The predicted octanol–water partition coefficient (Wildman–Crippen LogP) is 1.02. The van der Waals surface area contributed by atoms with Gasteiger partial charge < -0.3 is 10.0 Å². The zero-order chi connectivity index (χ0) is 9.78. The van der Waals surface area contributed by atoms with E-state index < -0.39 is 5.60 Å². The molecule has 0 aliphatic carbocycles. The van der Waals surface area contributed by atoms with Gasteiger partial charge in [0.1, 0.15) is 0 Å². The maximum atomic E-state index is 11.2. The van der Waals surface area contributed by atoms with Gasteiger partial charge in [0.25, 0.3) is 0 Å². The molecule has 0 atom stereocenters. The maximum absolute atomic E-state index is 11.2. The Morgan fingerprint density at radius 2 is 1.92 bits per heavy atom. The minimum Gasteiger partial charge on any atom is -0.389 e. The Morgan fingerprint density at radius 3 is 2.17 bits per heavy atom. The molecule has 0 saturated carbocycles. The van der Waals surface area contributed by atoms with Crippen LogP contribution in [0.3, 0.4) is 0 Å². The summed E-state index contributed by atoms with van der Waals surface area (Å²) in [6, 6.07) is 0. The highest BCUT2D eigenvalue weighted by atomic mass is 16.3. The molecule has 12 heavy (non-hydrogen) atoms. The average Bonchev–Trinajstić information content (AvgIpc) is 1.97. The highest BCUT2D eigenvalue weighted by molar-refractivity contribution is 5.75. The van der Waals surface area contributed by atoms with E-state index in [0.29, 0.717) is 19.5 Å². The van der Waals surface area contributed by atoms with Crippen LogP contribution in [0.4, 0.5) is 0 Å². The Morgan fingerprint density at radius 1 is 1.42 bits per heavy atom. The second-order valence-electron chi connectivity index (χ2n) is 3.57. The first-order chi connectivity index (χ1) is 5.40. The lowest BCUT2D eigenvalue weighted by Crippen LogP contribution is -2.41. The topological polar surface area (TPSA) is 40.5 Å². The van der Waals surface area contributed by atoms with Gasteiger partial charge in [0.15, 0.2) is 0 Å². The van der Waals surface area contributed by atoms with Gasteiger partial charge in [-0.15, -0.1) is 0 Å². The predicted molar refractivity (Wildman–Crippen MR) is 48.8 cm³/mol. The molecule has 3 nitrogen and oxygen atoms in total. The summed E-state index contributed by atoms with van der Waals surface area (Å²) in [5.74, 6) is 0.0969. The molecule has 1 amide bonds. The molecule has 3 heteroatoms. The molecule has 0 spiro atoms. The molecule has 0 aromatic carbocycles. The third-order valence-corrected chi connectivity index (χ3v) is 1.61. The molecule has 0 radical (unpaired) electrons. The fraction of sp³-hybridized carbons (Fsp3) is 0.889. The molecular weight excluding hydrogens is 154 g/mol. The van der Waals surface area contributed by atoms with Crippen LogP contribution < -0.4 is 0 Å². The molecule has 0 aliphatic rings. The molecular formula is C9H19NO2. The van der Waals surface area contributed by atoms with Crippen LogP contribution in [0.5, 0.6) is 0 Å². The number of carbonyl (C=O) groups excluding carboxylic acids is 1. The van der Waals surface area contributed by atoms with Crippen LogP contribution in [0, 0.1) is 0 Å². The van der Waals surface area contributed by atoms with Crippen LogP contribution in [0.25, 0.3) is 0 Å². The molecule has 0 saturated heterocycles. The van der Waals surface area contributed by atoms with Crippen molar-refractivity contribution in [3.63, 3.8) is 0 Å². The number of aliphatic hydroxyl groups is 1. The van der Waals surface area contributed by atoms with Crippen molar-refractivity contribution in [1.82, 2.24) is 4.90 Å². The van der Waals surface area contributed by atoms with Gasteiger partial charge in [-0.1, -0.05) is 6.92 Å². The van der Waals surface area contributed by atoms with Crippen LogP contribution in [0.15, 0.2) is 0 Å². The quantitative estimate of drug-likeness (QED) is 0.689. The highest BCUT2D eigenvalue weighted by Crippen LogP contribution is 2.05. The first-order valence-electron chi connectivity index (χ1n) is 4.41. The summed E-state index contributed by atoms with van der Waals surface area (Å²) in [6.07, 6.45) is 0.504. The van der Waals surface area contributed by atoms with Crippen molar-refractivity contribution < 1.29 is 9.90 Å². The maximum Gasteiger partial charge on any atom is 0.222 e. The van der Waals surface area contributed by atoms with Gasteiger partial charge in [-0.2, -0.15) is 0 Å². The Bertz CT molecular complexity index is 149. The Labute approximate surface area is 74.4 Å². The lowest BCUT2D eigenvalue weighted by atomic mass is 10.1. The summed E-state index contributed by atoms with van der Waals surface area (Å²) < 4.78 is 0. The lowest BCUT2D eigenvalue weighted by molar-refractivity contribution is -0.133. The van der Waals surface area contributed by atoms with E-state index in [-0.39, 0.29) is 5.91 Å². The van der Waals surface area contributed by atoms with Crippen LogP contribution in [-0.2, 0) is 4.79 Å². The van der Waals surface area contributed by atoms with Crippen molar-refractivity contribution >= 4 is 5.91 Å².